The molecule has 0 radical (unpaired) electrons. The fourth-order valence-electron chi connectivity index (χ4n) is 2.56. The molecule has 2 nitrogen and oxygen atoms in total. The molecule has 0 atom stereocenters. The summed E-state index contributed by atoms with van der Waals surface area (Å²) in [5.74, 6) is 1.47. The smallest absolute Gasteiger partial charge is 0.230 e. The van der Waals surface area contributed by atoms with Crippen molar-refractivity contribution in [3.05, 3.63) is 34.9 Å². The van der Waals surface area contributed by atoms with Crippen LogP contribution in [0.2, 0.25) is 5.02 Å². The molecule has 1 aliphatic rings. The molecule has 0 aromatic heterocycles. The van der Waals surface area contributed by atoms with Gasteiger partial charge < -0.3 is 5.32 Å². The Morgan fingerprint density at radius 2 is 1.90 bits per heavy atom. The van der Waals surface area contributed by atoms with E-state index in [-0.39, 0.29) is 5.91 Å². The van der Waals surface area contributed by atoms with E-state index in [1.807, 2.05) is 24.3 Å². The van der Waals surface area contributed by atoms with Crippen LogP contribution in [0, 0.1) is 0 Å². The normalized spacial score (nSPS) is 16.6. The van der Waals surface area contributed by atoms with Gasteiger partial charge >= 0.3 is 0 Å². The van der Waals surface area contributed by atoms with E-state index >= 15 is 0 Å². The molecule has 2 rings (SSSR count). The van der Waals surface area contributed by atoms with Crippen molar-refractivity contribution in [3.8, 4) is 0 Å². The van der Waals surface area contributed by atoms with Gasteiger partial charge in [-0.25, -0.2) is 0 Å². The van der Waals surface area contributed by atoms with E-state index in [1.165, 1.54) is 25.7 Å². The number of carbonyl (C=O) groups excluding carboxylic acids is 1. The second-order valence-electron chi connectivity index (χ2n) is 5.34. The number of amides is 1. The van der Waals surface area contributed by atoms with Crippen LogP contribution in [0.5, 0.6) is 0 Å². The highest BCUT2D eigenvalue weighted by molar-refractivity contribution is 7.99. The lowest BCUT2D eigenvalue weighted by atomic mass is 10.1. The van der Waals surface area contributed by atoms with Crippen molar-refractivity contribution in [2.75, 3.05) is 5.75 Å². The number of thioether (sulfide) groups is 1. The van der Waals surface area contributed by atoms with Crippen molar-refractivity contribution in [3.63, 3.8) is 0 Å². The molecule has 0 spiro atoms. The van der Waals surface area contributed by atoms with Gasteiger partial charge in [0.2, 0.25) is 5.91 Å². The first kappa shape index (κ1) is 15.7. The minimum Gasteiger partial charge on any atom is -0.353 e. The van der Waals surface area contributed by atoms with E-state index in [2.05, 4.69) is 5.32 Å². The number of carbonyl (C=O) groups is 1. The molecular weight excluding hydrogens is 290 g/mol. The minimum absolute atomic E-state index is 0.161. The summed E-state index contributed by atoms with van der Waals surface area (Å²) in [4.78, 5) is 11.9. The van der Waals surface area contributed by atoms with E-state index < -0.39 is 0 Å². The summed E-state index contributed by atoms with van der Waals surface area (Å²) in [6.45, 7) is 0. The zero-order valence-electron chi connectivity index (χ0n) is 11.7. The maximum atomic E-state index is 11.9. The summed E-state index contributed by atoms with van der Waals surface area (Å²) in [7, 11) is 0. The number of halogens is 1. The van der Waals surface area contributed by atoms with Gasteiger partial charge in [0, 0.05) is 16.8 Å². The van der Waals surface area contributed by atoms with Crippen LogP contribution in [0.3, 0.4) is 0 Å². The van der Waals surface area contributed by atoms with Crippen LogP contribution >= 0.6 is 23.4 Å². The zero-order valence-corrected chi connectivity index (χ0v) is 13.3. The third-order valence-corrected chi connectivity index (χ3v) is 5.02. The quantitative estimate of drug-likeness (QED) is 0.816. The van der Waals surface area contributed by atoms with Crippen molar-refractivity contribution in [1.29, 1.82) is 0 Å². The van der Waals surface area contributed by atoms with Gasteiger partial charge in [-0.05, 0) is 24.5 Å². The van der Waals surface area contributed by atoms with E-state index in [1.54, 1.807) is 11.8 Å². The first-order valence-corrected chi connectivity index (χ1v) is 8.89. The van der Waals surface area contributed by atoms with Crippen molar-refractivity contribution < 1.29 is 4.79 Å². The highest BCUT2D eigenvalue weighted by atomic mass is 35.5. The van der Waals surface area contributed by atoms with Gasteiger partial charge in [-0.2, -0.15) is 0 Å². The maximum Gasteiger partial charge on any atom is 0.230 e. The largest absolute Gasteiger partial charge is 0.353 e. The third-order valence-electron chi connectivity index (χ3n) is 3.67. The average Bonchev–Trinajstić information content (AvgIpc) is 2.69. The summed E-state index contributed by atoms with van der Waals surface area (Å²) < 4.78 is 0. The Kier molecular flexibility index (Phi) is 6.74. The first-order chi connectivity index (χ1) is 9.75. The number of nitrogens with one attached hydrogen (secondary N) is 1. The van der Waals surface area contributed by atoms with Crippen LogP contribution in [0.1, 0.15) is 44.1 Å². The third kappa shape index (κ3) is 5.37. The van der Waals surface area contributed by atoms with Gasteiger partial charge in [0.25, 0.3) is 0 Å². The molecule has 0 bridgehead atoms. The van der Waals surface area contributed by atoms with E-state index in [0.29, 0.717) is 11.8 Å². The minimum atomic E-state index is 0.161. The van der Waals surface area contributed by atoms with Crippen LogP contribution < -0.4 is 5.32 Å². The summed E-state index contributed by atoms with van der Waals surface area (Å²) >= 11 is 7.73. The second kappa shape index (κ2) is 8.58. The Balaban J connectivity index is 1.68. The predicted octanol–water partition coefficient (Wildman–Crippen LogP) is 4.41. The van der Waals surface area contributed by atoms with E-state index in [9.17, 15) is 4.79 Å². The Hall–Kier alpha value is -0.670. The molecule has 1 aliphatic carbocycles. The Morgan fingerprint density at radius 3 is 2.60 bits per heavy atom. The highest BCUT2D eigenvalue weighted by Crippen LogP contribution is 2.21. The number of hydrogen-bond acceptors (Lipinski definition) is 2. The van der Waals surface area contributed by atoms with Crippen molar-refractivity contribution in [1.82, 2.24) is 5.32 Å². The van der Waals surface area contributed by atoms with Crippen LogP contribution in [0.25, 0.3) is 0 Å². The number of hydrogen-bond donors (Lipinski definition) is 1. The molecule has 110 valence electrons. The van der Waals surface area contributed by atoms with Gasteiger partial charge in [0.05, 0.1) is 5.75 Å². The predicted molar refractivity (Wildman–Crippen MR) is 87.2 cm³/mol. The maximum absolute atomic E-state index is 11.9. The second-order valence-corrected chi connectivity index (χ2v) is 6.73. The summed E-state index contributed by atoms with van der Waals surface area (Å²) in [6.07, 6.45) is 7.40. The molecule has 0 heterocycles. The lowest BCUT2D eigenvalue weighted by Crippen LogP contribution is -2.35. The van der Waals surface area contributed by atoms with Crippen molar-refractivity contribution in [2.45, 2.75) is 50.3 Å². The molecule has 1 aromatic rings. The summed E-state index contributed by atoms with van der Waals surface area (Å²) in [5.41, 5.74) is 1.10. The number of benzene rings is 1. The molecule has 0 aliphatic heterocycles. The molecule has 0 saturated heterocycles. The fraction of sp³-hybridized carbons (Fsp3) is 0.562. The first-order valence-electron chi connectivity index (χ1n) is 7.36. The fourth-order valence-corrected chi connectivity index (χ4v) is 3.69. The molecule has 20 heavy (non-hydrogen) atoms. The van der Waals surface area contributed by atoms with Gasteiger partial charge in [0.1, 0.15) is 0 Å². The average molecular weight is 312 g/mol. The molecule has 1 N–H and O–H groups in total. The van der Waals surface area contributed by atoms with Gasteiger partial charge in [-0.3, -0.25) is 4.79 Å². The van der Waals surface area contributed by atoms with Crippen molar-refractivity contribution in [2.24, 2.45) is 0 Å². The van der Waals surface area contributed by atoms with Crippen LogP contribution in [0.15, 0.2) is 24.3 Å². The molecule has 4 heteroatoms. The molecular formula is C16H22ClNOS. The van der Waals surface area contributed by atoms with E-state index in [4.69, 9.17) is 11.6 Å². The molecule has 1 amide bonds. The van der Waals surface area contributed by atoms with Gasteiger partial charge in [-0.15, -0.1) is 11.8 Å². The Bertz CT molecular complexity index is 430. The summed E-state index contributed by atoms with van der Waals surface area (Å²) in [6, 6.07) is 8.20. The van der Waals surface area contributed by atoms with Crippen molar-refractivity contribution >= 4 is 29.3 Å². The van der Waals surface area contributed by atoms with Crippen LogP contribution in [0.4, 0.5) is 0 Å². The van der Waals surface area contributed by atoms with Crippen LogP contribution in [-0.2, 0) is 10.5 Å². The molecule has 0 unspecified atom stereocenters. The molecule has 1 aromatic carbocycles. The Morgan fingerprint density at radius 1 is 1.20 bits per heavy atom. The summed E-state index contributed by atoms with van der Waals surface area (Å²) in [5, 5.41) is 3.95. The van der Waals surface area contributed by atoms with Crippen LogP contribution in [-0.4, -0.2) is 17.7 Å². The van der Waals surface area contributed by atoms with Gasteiger partial charge in [-0.1, -0.05) is 55.5 Å². The topological polar surface area (TPSA) is 29.1 Å². The van der Waals surface area contributed by atoms with Gasteiger partial charge in [0.15, 0.2) is 0 Å². The standard InChI is InChI=1S/C16H22ClNOS/c17-15-10-6-5-7-13(15)11-20-12-16(19)18-14-8-3-1-2-4-9-14/h5-7,10,14H,1-4,8-9,11-12H2,(H,18,19). The molecule has 1 saturated carbocycles. The lowest BCUT2D eigenvalue weighted by Gasteiger charge is -2.16. The Labute approximate surface area is 130 Å². The number of rotatable bonds is 5. The molecule has 1 fully saturated rings. The highest BCUT2D eigenvalue weighted by Gasteiger charge is 2.14. The lowest BCUT2D eigenvalue weighted by molar-refractivity contribution is -0.119. The monoisotopic (exact) mass is 311 g/mol. The van der Waals surface area contributed by atoms with E-state index in [0.717, 1.165) is 29.2 Å². The SMILES string of the molecule is O=C(CSCc1ccccc1Cl)NC1CCCCCC1. The zero-order chi connectivity index (χ0) is 14.2.